The summed E-state index contributed by atoms with van der Waals surface area (Å²) in [5.41, 5.74) is 3.91. The molecule has 1 amide bonds. The van der Waals surface area contributed by atoms with Crippen molar-refractivity contribution in [2.24, 2.45) is 0 Å². The number of hydrogen-bond acceptors (Lipinski definition) is 5. The molecule has 2 aromatic heterocycles. The second-order valence-corrected chi connectivity index (χ2v) is 8.55. The Balaban J connectivity index is 1.31. The van der Waals surface area contributed by atoms with Gasteiger partial charge in [-0.25, -0.2) is 4.98 Å². The van der Waals surface area contributed by atoms with E-state index in [-0.39, 0.29) is 5.91 Å². The lowest BCUT2D eigenvalue weighted by atomic mass is 10.1. The number of para-hydroxylation sites is 1. The molecule has 1 fully saturated rings. The van der Waals surface area contributed by atoms with Crippen molar-refractivity contribution in [1.82, 2.24) is 20.2 Å². The molecule has 5 rings (SSSR count). The van der Waals surface area contributed by atoms with Crippen molar-refractivity contribution in [3.63, 3.8) is 0 Å². The van der Waals surface area contributed by atoms with Crippen LogP contribution in [0.1, 0.15) is 40.3 Å². The zero-order chi connectivity index (χ0) is 22.6. The third kappa shape index (κ3) is 5.26. The molecule has 7 nitrogen and oxygen atoms in total. The largest absolute Gasteiger partial charge is 0.497 e. The SMILES string of the molecule is COc1cccc(CN(CCc2c[nH]c3ccccc23)Cc2nc(C(=O)NC3CC3)co2)c1. The van der Waals surface area contributed by atoms with Gasteiger partial charge in [-0.3, -0.25) is 9.69 Å². The minimum absolute atomic E-state index is 0.161. The van der Waals surface area contributed by atoms with Crippen LogP contribution in [-0.4, -0.2) is 40.5 Å². The Morgan fingerprint density at radius 1 is 1.21 bits per heavy atom. The highest BCUT2D eigenvalue weighted by Crippen LogP contribution is 2.21. The average Bonchev–Trinajstić information content (AvgIpc) is 3.36. The molecule has 0 aliphatic heterocycles. The number of nitrogens with zero attached hydrogens (tertiary/aromatic N) is 2. The third-order valence-electron chi connectivity index (χ3n) is 5.97. The van der Waals surface area contributed by atoms with E-state index >= 15 is 0 Å². The summed E-state index contributed by atoms with van der Waals surface area (Å²) in [6, 6.07) is 16.7. The highest BCUT2D eigenvalue weighted by Gasteiger charge is 2.25. The summed E-state index contributed by atoms with van der Waals surface area (Å²) in [6.07, 6.45) is 6.50. The summed E-state index contributed by atoms with van der Waals surface area (Å²) in [4.78, 5) is 22.4. The number of hydrogen-bond donors (Lipinski definition) is 2. The van der Waals surface area contributed by atoms with Gasteiger partial charge in [0, 0.05) is 36.2 Å². The van der Waals surface area contributed by atoms with E-state index in [2.05, 4.69) is 50.6 Å². The molecular formula is C26H28N4O3. The Morgan fingerprint density at radius 2 is 2.09 bits per heavy atom. The fourth-order valence-corrected chi connectivity index (χ4v) is 4.03. The molecule has 0 saturated heterocycles. The minimum Gasteiger partial charge on any atom is -0.497 e. The van der Waals surface area contributed by atoms with E-state index in [1.165, 1.54) is 17.2 Å². The van der Waals surface area contributed by atoms with Crippen LogP contribution in [0.5, 0.6) is 5.75 Å². The van der Waals surface area contributed by atoms with Crippen molar-refractivity contribution in [2.45, 2.75) is 38.4 Å². The maximum atomic E-state index is 12.3. The summed E-state index contributed by atoms with van der Waals surface area (Å²) in [6.45, 7) is 2.03. The third-order valence-corrected chi connectivity index (χ3v) is 5.97. The van der Waals surface area contributed by atoms with Crippen LogP contribution in [0, 0.1) is 0 Å². The van der Waals surface area contributed by atoms with Crippen molar-refractivity contribution in [2.75, 3.05) is 13.7 Å². The minimum atomic E-state index is -0.161. The quantitative estimate of drug-likeness (QED) is 0.381. The molecular weight excluding hydrogens is 416 g/mol. The maximum absolute atomic E-state index is 12.3. The van der Waals surface area contributed by atoms with Gasteiger partial charge in [-0.05, 0) is 48.6 Å². The number of amides is 1. The molecule has 0 bridgehead atoms. The van der Waals surface area contributed by atoms with Gasteiger partial charge in [0.15, 0.2) is 5.69 Å². The Hall–Kier alpha value is -3.58. The van der Waals surface area contributed by atoms with Crippen LogP contribution in [0.3, 0.4) is 0 Å². The molecule has 7 heteroatoms. The first-order valence-electron chi connectivity index (χ1n) is 11.3. The molecule has 0 atom stereocenters. The number of H-pyrrole nitrogens is 1. The van der Waals surface area contributed by atoms with Gasteiger partial charge in [0.1, 0.15) is 12.0 Å². The number of methoxy groups -OCH3 is 1. The van der Waals surface area contributed by atoms with Crippen LogP contribution in [-0.2, 0) is 19.5 Å². The molecule has 2 heterocycles. The van der Waals surface area contributed by atoms with Gasteiger partial charge in [-0.1, -0.05) is 30.3 Å². The van der Waals surface area contributed by atoms with E-state index in [0.29, 0.717) is 30.7 Å². The summed E-state index contributed by atoms with van der Waals surface area (Å²) in [5, 5.41) is 4.20. The summed E-state index contributed by atoms with van der Waals surface area (Å²) in [7, 11) is 1.68. The number of ether oxygens (including phenoxy) is 1. The van der Waals surface area contributed by atoms with Gasteiger partial charge in [-0.2, -0.15) is 0 Å². The Kier molecular flexibility index (Phi) is 6.13. The number of oxazole rings is 1. The van der Waals surface area contributed by atoms with Crippen LogP contribution in [0.15, 0.2) is 65.4 Å². The lowest BCUT2D eigenvalue weighted by Crippen LogP contribution is -2.27. The lowest BCUT2D eigenvalue weighted by molar-refractivity contribution is 0.0946. The topological polar surface area (TPSA) is 83.4 Å². The Bertz CT molecular complexity index is 1240. The number of fused-ring (bicyclic) bond motifs is 1. The molecule has 33 heavy (non-hydrogen) atoms. The standard InChI is InChI=1S/C26H28N4O3/c1-32-21-6-4-5-18(13-21)15-30(12-11-19-14-27-23-8-3-2-7-22(19)23)16-25-29-24(17-33-25)26(31)28-20-9-10-20/h2-8,13-14,17,20,27H,9-12,15-16H2,1H3,(H,28,31). The molecule has 0 radical (unpaired) electrons. The number of carbonyl (C=O) groups is 1. The Labute approximate surface area is 192 Å². The summed E-state index contributed by atoms with van der Waals surface area (Å²) < 4.78 is 11.1. The van der Waals surface area contributed by atoms with E-state index in [0.717, 1.165) is 42.6 Å². The van der Waals surface area contributed by atoms with Crippen LogP contribution in [0.25, 0.3) is 10.9 Å². The predicted octanol–water partition coefficient (Wildman–Crippen LogP) is 4.30. The van der Waals surface area contributed by atoms with Crippen LogP contribution in [0.4, 0.5) is 0 Å². The summed E-state index contributed by atoms with van der Waals surface area (Å²) in [5.74, 6) is 1.21. The average molecular weight is 445 g/mol. The number of aromatic nitrogens is 2. The second-order valence-electron chi connectivity index (χ2n) is 8.55. The molecule has 0 spiro atoms. The second kappa shape index (κ2) is 9.50. The molecule has 170 valence electrons. The van der Waals surface area contributed by atoms with E-state index < -0.39 is 0 Å². The van der Waals surface area contributed by atoms with E-state index in [4.69, 9.17) is 9.15 Å². The van der Waals surface area contributed by atoms with Crippen molar-refractivity contribution < 1.29 is 13.9 Å². The number of rotatable bonds is 10. The molecule has 1 saturated carbocycles. The van der Waals surface area contributed by atoms with E-state index in [1.54, 1.807) is 7.11 Å². The van der Waals surface area contributed by atoms with E-state index in [9.17, 15) is 4.79 Å². The molecule has 4 aromatic rings. The smallest absolute Gasteiger partial charge is 0.273 e. The van der Waals surface area contributed by atoms with Gasteiger partial charge in [-0.15, -0.1) is 0 Å². The zero-order valence-corrected chi connectivity index (χ0v) is 18.7. The fourth-order valence-electron chi connectivity index (χ4n) is 4.03. The van der Waals surface area contributed by atoms with E-state index in [1.807, 2.05) is 24.3 Å². The molecule has 2 N–H and O–H groups in total. The molecule has 1 aliphatic carbocycles. The van der Waals surface area contributed by atoms with Crippen molar-refractivity contribution in [3.05, 3.63) is 83.7 Å². The number of aromatic amines is 1. The highest BCUT2D eigenvalue weighted by molar-refractivity contribution is 5.92. The first-order chi connectivity index (χ1) is 16.2. The van der Waals surface area contributed by atoms with Crippen molar-refractivity contribution >= 4 is 16.8 Å². The van der Waals surface area contributed by atoms with Crippen LogP contribution >= 0.6 is 0 Å². The molecule has 1 aliphatic rings. The predicted molar refractivity (Wildman–Crippen MR) is 126 cm³/mol. The van der Waals surface area contributed by atoms with Gasteiger partial charge in [0.05, 0.1) is 13.7 Å². The van der Waals surface area contributed by atoms with Crippen LogP contribution < -0.4 is 10.1 Å². The first kappa shape index (κ1) is 21.3. The van der Waals surface area contributed by atoms with Gasteiger partial charge < -0.3 is 19.5 Å². The number of benzene rings is 2. The normalized spacial score (nSPS) is 13.5. The number of carbonyl (C=O) groups excluding carboxylic acids is 1. The maximum Gasteiger partial charge on any atom is 0.273 e. The molecule has 0 unspecified atom stereocenters. The Morgan fingerprint density at radius 3 is 2.94 bits per heavy atom. The van der Waals surface area contributed by atoms with Crippen molar-refractivity contribution in [1.29, 1.82) is 0 Å². The molecule has 2 aromatic carbocycles. The zero-order valence-electron chi connectivity index (χ0n) is 18.7. The first-order valence-corrected chi connectivity index (χ1v) is 11.3. The van der Waals surface area contributed by atoms with Crippen molar-refractivity contribution in [3.8, 4) is 5.75 Å². The fraction of sp³-hybridized carbons (Fsp3) is 0.308. The lowest BCUT2D eigenvalue weighted by Gasteiger charge is -2.21. The van der Waals surface area contributed by atoms with Gasteiger partial charge in [0.2, 0.25) is 5.89 Å². The van der Waals surface area contributed by atoms with Gasteiger partial charge >= 0.3 is 0 Å². The number of nitrogens with one attached hydrogen (secondary N) is 2. The highest BCUT2D eigenvalue weighted by atomic mass is 16.5. The summed E-state index contributed by atoms with van der Waals surface area (Å²) >= 11 is 0. The van der Waals surface area contributed by atoms with Gasteiger partial charge in [0.25, 0.3) is 5.91 Å². The monoisotopic (exact) mass is 444 g/mol. The van der Waals surface area contributed by atoms with Crippen LogP contribution in [0.2, 0.25) is 0 Å².